The van der Waals surface area contributed by atoms with Gasteiger partial charge in [-0.25, -0.2) is 0 Å². The topological polar surface area (TPSA) is 61.3 Å². The molecule has 0 aliphatic rings. The van der Waals surface area contributed by atoms with Crippen molar-refractivity contribution in [2.24, 2.45) is 0 Å². The second-order valence-corrected chi connectivity index (χ2v) is 3.53. The van der Waals surface area contributed by atoms with E-state index in [2.05, 4.69) is 10.2 Å². The van der Waals surface area contributed by atoms with Gasteiger partial charge in [-0.05, 0) is 30.3 Å². The lowest BCUT2D eigenvalue weighted by atomic mass is 10.2. The Morgan fingerprint density at radius 3 is 2.83 bits per heavy atom. The zero-order valence-corrected chi connectivity index (χ0v) is 9.87. The molecule has 92 valence electrons. The zero-order chi connectivity index (χ0) is 12.8. The average molecular weight is 244 g/mol. The normalized spacial score (nSPS) is 9.83. The highest BCUT2D eigenvalue weighted by Crippen LogP contribution is 2.28. The van der Waals surface area contributed by atoms with Crippen molar-refractivity contribution in [3.8, 4) is 11.5 Å². The van der Waals surface area contributed by atoms with Crippen LogP contribution in [0.25, 0.3) is 0 Å². The van der Waals surface area contributed by atoms with E-state index in [4.69, 9.17) is 9.47 Å². The lowest BCUT2D eigenvalue weighted by Gasteiger charge is -2.10. The minimum atomic E-state index is 0.296. The van der Waals surface area contributed by atoms with Crippen LogP contribution in [0.3, 0.4) is 0 Å². The van der Waals surface area contributed by atoms with Crippen LogP contribution in [0, 0.1) is 0 Å². The lowest BCUT2D eigenvalue weighted by molar-refractivity contribution is 0.112. The molecule has 0 unspecified atom stereocenters. The molecule has 5 nitrogen and oxygen atoms in total. The predicted octanol–water partition coefficient (Wildman–Crippen LogP) is 1.88. The van der Waals surface area contributed by atoms with Gasteiger partial charge < -0.3 is 9.47 Å². The van der Waals surface area contributed by atoms with E-state index in [0.717, 1.165) is 12.0 Å². The second-order valence-electron chi connectivity index (χ2n) is 3.53. The molecule has 0 aliphatic heterocycles. The first-order valence-electron chi connectivity index (χ1n) is 5.36. The third-order valence-corrected chi connectivity index (χ3v) is 2.33. The van der Waals surface area contributed by atoms with Crippen LogP contribution >= 0.6 is 0 Å². The molecule has 18 heavy (non-hydrogen) atoms. The minimum Gasteiger partial charge on any atom is -0.493 e. The Kier molecular flexibility index (Phi) is 3.86. The standard InChI is InChI=1S/C13H12N2O3/c1-17-13-7-10(8-16)4-5-12(13)18-9-11-3-2-6-14-15-11/h2-8H,9H2,1H3. The highest BCUT2D eigenvalue weighted by Gasteiger charge is 2.06. The highest BCUT2D eigenvalue weighted by molar-refractivity contribution is 5.76. The number of aldehydes is 1. The highest BCUT2D eigenvalue weighted by atomic mass is 16.5. The maximum Gasteiger partial charge on any atom is 0.161 e. The van der Waals surface area contributed by atoms with Crippen molar-refractivity contribution in [1.82, 2.24) is 10.2 Å². The largest absolute Gasteiger partial charge is 0.493 e. The van der Waals surface area contributed by atoms with Gasteiger partial charge in [0.2, 0.25) is 0 Å². The van der Waals surface area contributed by atoms with Gasteiger partial charge in [-0.1, -0.05) is 0 Å². The van der Waals surface area contributed by atoms with E-state index in [1.165, 1.54) is 7.11 Å². The number of methoxy groups -OCH3 is 1. The first-order valence-corrected chi connectivity index (χ1v) is 5.36. The summed E-state index contributed by atoms with van der Waals surface area (Å²) in [6, 6.07) is 8.59. The molecule has 5 heteroatoms. The van der Waals surface area contributed by atoms with Crippen LogP contribution in [0.4, 0.5) is 0 Å². The first kappa shape index (κ1) is 12.0. The van der Waals surface area contributed by atoms with E-state index in [1.807, 2.05) is 6.07 Å². The molecule has 0 bridgehead atoms. The summed E-state index contributed by atoms with van der Waals surface area (Å²) in [5.74, 6) is 1.08. The van der Waals surface area contributed by atoms with Crippen LogP contribution in [0.15, 0.2) is 36.5 Å². The van der Waals surface area contributed by atoms with Crippen molar-refractivity contribution < 1.29 is 14.3 Å². The molecule has 0 fully saturated rings. The van der Waals surface area contributed by atoms with E-state index >= 15 is 0 Å². The number of aromatic nitrogens is 2. The fraction of sp³-hybridized carbons (Fsp3) is 0.154. The van der Waals surface area contributed by atoms with Gasteiger partial charge in [0.05, 0.1) is 7.11 Å². The Morgan fingerprint density at radius 1 is 1.28 bits per heavy atom. The van der Waals surface area contributed by atoms with E-state index in [0.29, 0.717) is 23.7 Å². The molecule has 0 atom stereocenters. The van der Waals surface area contributed by atoms with E-state index in [-0.39, 0.29) is 0 Å². The molecular weight excluding hydrogens is 232 g/mol. The minimum absolute atomic E-state index is 0.296. The molecule has 0 saturated heterocycles. The van der Waals surface area contributed by atoms with Gasteiger partial charge in [0, 0.05) is 11.8 Å². The van der Waals surface area contributed by atoms with Crippen molar-refractivity contribution in [2.75, 3.05) is 7.11 Å². The molecule has 0 radical (unpaired) electrons. The number of benzene rings is 1. The number of ether oxygens (including phenoxy) is 2. The summed E-state index contributed by atoms with van der Waals surface area (Å²) in [5, 5.41) is 7.67. The van der Waals surface area contributed by atoms with Gasteiger partial charge in [0.25, 0.3) is 0 Å². The van der Waals surface area contributed by atoms with Crippen LogP contribution in [0.1, 0.15) is 16.1 Å². The number of rotatable bonds is 5. The molecule has 0 amide bonds. The number of carbonyl (C=O) groups excluding carboxylic acids is 1. The van der Waals surface area contributed by atoms with Gasteiger partial charge in [0.15, 0.2) is 11.5 Å². The number of nitrogens with zero attached hydrogens (tertiary/aromatic N) is 2. The smallest absolute Gasteiger partial charge is 0.161 e. The van der Waals surface area contributed by atoms with Crippen LogP contribution in [-0.2, 0) is 6.61 Å². The van der Waals surface area contributed by atoms with Gasteiger partial charge in [-0.2, -0.15) is 10.2 Å². The summed E-state index contributed by atoms with van der Waals surface area (Å²) < 4.78 is 10.7. The molecule has 2 aromatic rings. The van der Waals surface area contributed by atoms with Crippen molar-refractivity contribution >= 4 is 6.29 Å². The van der Waals surface area contributed by atoms with Crippen molar-refractivity contribution in [3.63, 3.8) is 0 Å². The fourth-order valence-corrected chi connectivity index (χ4v) is 1.44. The summed E-state index contributed by atoms with van der Waals surface area (Å²) in [7, 11) is 1.53. The van der Waals surface area contributed by atoms with Gasteiger partial charge in [-0.3, -0.25) is 4.79 Å². The fourth-order valence-electron chi connectivity index (χ4n) is 1.44. The van der Waals surface area contributed by atoms with E-state index in [1.54, 1.807) is 30.5 Å². The summed E-state index contributed by atoms with van der Waals surface area (Å²) in [6.45, 7) is 0.296. The number of carbonyl (C=O) groups is 1. The molecule has 0 N–H and O–H groups in total. The monoisotopic (exact) mass is 244 g/mol. The van der Waals surface area contributed by atoms with Crippen LogP contribution in [-0.4, -0.2) is 23.6 Å². The molecule has 1 heterocycles. The van der Waals surface area contributed by atoms with Crippen molar-refractivity contribution in [3.05, 3.63) is 47.8 Å². The lowest BCUT2D eigenvalue weighted by Crippen LogP contribution is -2.00. The van der Waals surface area contributed by atoms with Gasteiger partial charge >= 0.3 is 0 Å². The zero-order valence-electron chi connectivity index (χ0n) is 9.87. The van der Waals surface area contributed by atoms with Gasteiger partial charge in [0.1, 0.15) is 18.6 Å². The maximum absolute atomic E-state index is 10.7. The molecule has 0 spiro atoms. The van der Waals surface area contributed by atoms with Gasteiger partial charge in [-0.15, -0.1) is 0 Å². The predicted molar refractivity (Wildman–Crippen MR) is 64.7 cm³/mol. The van der Waals surface area contributed by atoms with E-state index in [9.17, 15) is 4.79 Å². The summed E-state index contributed by atoms with van der Waals surface area (Å²) in [4.78, 5) is 10.7. The first-order chi connectivity index (χ1) is 8.83. The molecular formula is C13H12N2O3. The maximum atomic E-state index is 10.7. The SMILES string of the molecule is COc1cc(C=O)ccc1OCc1cccnn1. The Morgan fingerprint density at radius 2 is 2.17 bits per heavy atom. The molecule has 1 aromatic heterocycles. The average Bonchev–Trinajstić information content (AvgIpc) is 2.46. The van der Waals surface area contributed by atoms with Crippen molar-refractivity contribution in [2.45, 2.75) is 6.61 Å². The third-order valence-electron chi connectivity index (χ3n) is 2.33. The van der Waals surface area contributed by atoms with Crippen molar-refractivity contribution in [1.29, 1.82) is 0 Å². The molecule has 1 aromatic carbocycles. The Labute approximate surface area is 104 Å². The third kappa shape index (κ3) is 2.82. The number of hydrogen-bond acceptors (Lipinski definition) is 5. The molecule has 2 rings (SSSR count). The molecule has 0 saturated carbocycles. The number of hydrogen-bond donors (Lipinski definition) is 0. The van der Waals surface area contributed by atoms with Crippen LogP contribution < -0.4 is 9.47 Å². The molecule has 0 aliphatic carbocycles. The Hall–Kier alpha value is -2.43. The second kappa shape index (κ2) is 5.77. The van der Waals surface area contributed by atoms with E-state index < -0.39 is 0 Å². The summed E-state index contributed by atoms with van der Waals surface area (Å²) >= 11 is 0. The quantitative estimate of drug-likeness (QED) is 0.751. The summed E-state index contributed by atoms with van der Waals surface area (Å²) in [6.07, 6.45) is 2.36. The Balaban J connectivity index is 2.11. The Bertz CT molecular complexity index is 529. The summed E-state index contributed by atoms with van der Waals surface area (Å²) in [5.41, 5.74) is 1.26. The van der Waals surface area contributed by atoms with Crippen LogP contribution in [0.5, 0.6) is 11.5 Å². The van der Waals surface area contributed by atoms with Crippen LogP contribution in [0.2, 0.25) is 0 Å².